The molecule has 21 heavy (non-hydrogen) atoms. The number of carboxylic acid groups (broad SMARTS) is 1. The molecule has 1 aromatic carbocycles. The van der Waals surface area contributed by atoms with Gasteiger partial charge in [-0.3, -0.25) is 0 Å². The number of thiazole rings is 1. The molecule has 0 saturated heterocycles. The second-order valence-corrected chi connectivity index (χ2v) is 7.41. The third kappa shape index (κ3) is 3.52. The highest BCUT2D eigenvalue weighted by Crippen LogP contribution is 2.33. The maximum Gasteiger partial charge on any atom is 0.347 e. The standard InChI is InChI=1S/C16H18BrNO2S/c1-8(2)5-12-14(16(19)20)21-15(18-12)11-6-9(3)13(17)10(4)7-11/h6-8H,5H2,1-4H3,(H,19,20). The number of halogens is 1. The van der Waals surface area contributed by atoms with E-state index in [9.17, 15) is 9.90 Å². The maximum atomic E-state index is 11.4. The Hall–Kier alpha value is -1.20. The van der Waals surface area contributed by atoms with Crippen molar-refractivity contribution < 1.29 is 9.90 Å². The Labute approximate surface area is 137 Å². The second kappa shape index (κ2) is 6.28. The number of aromatic nitrogens is 1. The summed E-state index contributed by atoms with van der Waals surface area (Å²) in [6.07, 6.45) is 0.687. The first-order valence-electron chi connectivity index (χ1n) is 6.79. The largest absolute Gasteiger partial charge is 0.477 e. The predicted molar refractivity (Wildman–Crippen MR) is 90.2 cm³/mol. The van der Waals surface area contributed by atoms with Crippen molar-refractivity contribution in [2.75, 3.05) is 0 Å². The lowest BCUT2D eigenvalue weighted by Crippen LogP contribution is -2.02. The molecule has 0 atom stereocenters. The molecule has 5 heteroatoms. The van der Waals surface area contributed by atoms with Crippen LogP contribution in [0.4, 0.5) is 0 Å². The van der Waals surface area contributed by atoms with Crippen LogP contribution in [-0.4, -0.2) is 16.1 Å². The minimum Gasteiger partial charge on any atom is -0.477 e. The zero-order valence-electron chi connectivity index (χ0n) is 12.5. The van der Waals surface area contributed by atoms with Crippen LogP contribution in [0.1, 0.15) is 40.3 Å². The SMILES string of the molecule is Cc1cc(-c2nc(CC(C)C)c(C(=O)O)s2)cc(C)c1Br. The number of aromatic carboxylic acids is 1. The molecule has 0 aliphatic carbocycles. The van der Waals surface area contributed by atoms with Gasteiger partial charge >= 0.3 is 5.97 Å². The van der Waals surface area contributed by atoms with Crippen molar-refractivity contribution in [2.24, 2.45) is 5.92 Å². The summed E-state index contributed by atoms with van der Waals surface area (Å²) in [6.45, 7) is 8.19. The predicted octanol–water partition coefficient (Wildman–Crippen LogP) is 5.09. The van der Waals surface area contributed by atoms with Crippen molar-refractivity contribution in [1.29, 1.82) is 0 Å². The van der Waals surface area contributed by atoms with E-state index in [0.29, 0.717) is 22.9 Å². The minimum absolute atomic E-state index is 0.358. The average Bonchev–Trinajstić information content (AvgIpc) is 2.78. The van der Waals surface area contributed by atoms with E-state index < -0.39 is 5.97 Å². The molecule has 0 aliphatic heterocycles. The lowest BCUT2D eigenvalue weighted by molar-refractivity contribution is 0.0700. The Kier molecular flexibility index (Phi) is 4.84. The third-order valence-electron chi connectivity index (χ3n) is 3.18. The van der Waals surface area contributed by atoms with Crippen LogP contribution >= 0.6 is 27.3 Å². The van der Waals surface area contributed by atoms with Crippen LogP contribution in [0.3, 0.4) is 0 Å². The third-order valence-corrected chi connectivity index (χ3v) is 5.56. The molecular weight excluding hydrogens is 350 g/mol. The summed E-state index contributed by atoms with van der Waals surface area (Å²) < 4.78 is 1.09. The van der Waals surface area contributed by atoms with Gasteiger partial charge in [0.15, 0.2) is 0 Å². The van der Waals surface area contributed by atoms with Gasteiger partial charge in [-0.15, -0.1) is 11.3 Å². The minimum atomic E-state index is -0.889. The smallest absolute Gasteiger partial charge is 0.347 e. The van der Waals surface area contributed by atoms with Gasteiger partial charge in [-0.2, -0.15) is 0 Å². The highest BCUT2D eigenvalue weighted by atomic mass is 79.9. The number of nitrogens with zero attached hydrogens (tertiary/aromatic N) is 1. The fraction of sp³-hybridized carbons (Fsp3) is 0.375. The molecule has 0 unspecified atom stereocenters. The summed E-state index contributed by atoms with van der Waals surface area (Å²) in [5, 5.41) is 10.1. The zero-order valence-corrected chi connectivity index (χ0v) is 14.9. The molecule has 0 radical (unpaired) electrons. The molecule has 0 fully saturated rings. The number of carbonyl (C=O) groups is 1. The molecule has 2 rings (SSSR count). The molecule has 3 nitrogen and oxygen atoms in total. The van der Waals surface area contributed by atoms with Crippen molar-refractivity contribution in [3.8, 4) is 10.6 Å². The van der Waals surface area contributed by atoms with Crippen LogP contribution < -0.4 is 0 Å². The van der Waals surface area contributed by atoms with E-state index in [1.165, 1.54) is 11.3 Å². The molecule has 0 aliphatic rings. The number of hydrogen-bond donors (Lipinski definition) is 1. The first kappa shape index (κ1) is 16.2. The van der Waals surface area contributed by atoms with Crippen molar-refractivity contribution in [3.05, 3.63) is 38.3 Å². The molecular formula is C16H18BrNO2S. The lowest BCUT2D eigenvalue weighted by Gasteiger charge is -2.05. The summed E-state index contributed by atoms with van der Waals surface area (Å²) in [5.41, 5.74) is 3.93. The molecule has 0 spiro atoms. The van der Waals surface area contributed by atoms with E-state index in [1.54, 1.807) is 0 Å². The Balaban J connectivity index is 2.52. The summed E-state index contributed by atoms with van der Waals surface area (Å²) in [7, 11) is 0. The number of hydrogen-bond acceptors (Lipinski definition) is 3. The van der Waals surface area contributed by atoms with Crippen LogP contribution in [0.2, 0.25) is 0 Å². The molecule has 2 aromatic rings. The number of benzene rings is 1. The van der Waals surface area contributed by atoms with Crippen molar-refractivity contribution in [2.45, 2.75) is 34.1 Å². The average molecular weight is 368 g/mol. The maximum absolute atomic E-state index is 11.4. The highest BCUT2D eigenvalue weighted by Gasteiger charge is 2.19. The second-order valence-electron chi connectivity index (χ2n) is 5.62. The van der Waals surface area contributed by atoms with E-state index in [0.717, 1.165) is 26.2 Å². The highest BCUT2D eigenvalue weighted by molar-refractivity contribution is 9.10. The van der Waals surface area contributed by atoms with Crippen LogP contribution in [0.15, 0.2) is 16.6 Å². The van der Waals surface area contributed by atoms with E-state index in [1.807, 2.05) is 26.0 Å². The van der Waals surface area contributed by atoms with Crippen LogP contribution in [0, 0.1) is 19.8 Å². The van der Waals surface area contributed by atoms with Gasteiger partial charge in [-0.05, 0) is 49.4 Å². The van der Waals surface area contributed by atoms with Gasteiger partial charge in [0.25, 0.3) is 0 Å². The summed E-state index contributed by atoms with van der Waals surface area (Å²) >= 11 is 4.81. The topological polar surface area (TPSA) is 50.2 Å². The lowest BCUT2D eigenvalue weighted by atomic mass is 10.1. The Morgan fingerprint density at radius 2 is 1.90 bits per heavy atom. The monoisotopic (exact) mass is 367 g/mol. The number of carboxylic acids is 1. The first-order valence-corrected chi connectivity index (χ1v) is 8.40. The Morgan fingerprint density at radius 1 is 1.33 bits per heavy atom. The summed E-state index contributed by atoms with van der Waals surface area (Å²) in [5.74, 6) is -0.508. The fourth-order valence-electron chi connectivity index (χ4n) is 2.24. The normalized spacial score (nSPS) is 11.1. The van der Waals surface area contributed by atoms with Crippen molar-refractivity contribution in [1.82, 2.24) is 4.98 Å². The number of rotatable bonds is 4. The van der Waals surface area contributed by atoms with E-state index in [4.69, 9.17) is 0 Å². The van der Waals surface area contributed by atoms with Gasteiger partial charge in [0.05, 0.1) is 5.69 Å². The Bertz CT molecular complexity index is 669. The fourth-order valence-corrected chi connectivity index (χ4v) is 3.38. The van der Waals surface area contributed by atoms with E-state index >= 15 is 0 Å². The van der Waals surface area contributed by atoms with Gasteiger partial charge in [-0.1, -0.05) is 29.8 Å². The molecule has 0 saturated carbocycles. The molecule has 0 bridgehead atoms. The summed E-state index contributed by atoms with van der Waals surface area (Å²) in [6, 6.07) is 4.08. The van der Waals surface area contributed by atoms with Crippen molar-refractivity contribution in [3.63, 3.8) is 0 Å². The molecule has 0 amide bonds. The van der Waals surface area contributed by atoms with Gasteiger partial charge in [0.2, 0.25) is 0 Å². The molecule has 112 valence electrons. The number of aryl methyl sites for hydroxylation is 2. The van der Waals surface area contributed by atoms with E-state index in [-0.39, 0.29) is 0 Å². The molecule has 1 aromatic heterocycles. The molecule has 1 heterocycles. The van der Waals surface area contributed by atoms with Crippen LogP contribution in [0.5, 0.6) is 0 Å². The first-order chi connectivity index (χ1) is 9.79. The van der Waals surface area contributed by atoms with Crippen LogP contribution in [-0.2, 0) is 6.42 Å². The van der Waals surface area contributed by atoms with Gasteiger partial charge in [-0.25, -0.2) is 9.78 Å². The molecule has 1 N–H and O–H groups in total. The van der Waals surface area contributed by atoms with Gasteiger partial charge in [0, 0.05) is 10.0 Å². The van der Waals surface area contributed by atoms with Gasteiger partial charge < -0.3 is 5.11 Å². The van der Waals surface area contributed by atoms with Crippen LogP contribution in [0.25, 0.3) is 10.6 Å². The van der Waals surface area contributed by atoms with Gasteiger partial charge in [0.1, 0.15) is 9.88 Å². The van der Waals surface area contributed by atoms with E-state index in [2.05, 4.69) is 34.8 Å². The summed E-state index contributed by atoms with van der Waals surface area (Å²) in [4.78, 5) is 16.3. The van der Waals surface area contributed by atoms with Crippen molar-refractivity contribution >= 4 is 33.2 Å². The quantitative estimate of drug-likeness (QED) is 0.818. The zero-order chi connectivity index (χ0) is 15.7. The Morgan fingerprint density at radius 3 is 2.38 bits per heavy atom.